The summed E-state index contributed by atoms with van der Waals surface area (Å²) in [7, 11) is 1.97. The number of primary amides is 1. The Morgan fingerprint density at radius 1 is 0.750 bits per heavy atom. The van der Waals surface area contributed by atoms with Crippen molar-refractivity contribution in [2.75, 3.05) is 18.1 Å². The molecule has 15 N–H and O–H groups in total. The average Bonchev–Trinajstić information content (AvgIpc) is 4.06. The summed E-state index contributed by atoms with van der Waals surface area (Å²) in [6.07, 6.45) is 4.27. The Kier molecular flexibility index (Phi) is 18.3. The van der Waals surface area contributed by atoms with Crippen molar-refractivity contribution in [2.45, 2.75) is 101 Å². The number of carbonyl (C=O) groups is 9. The summed E-state index contributed by atoms with van der Waals surface area (Å²) in [6, 6.07) is 5.39. The third-order valence-electron chi connectivity index (χ3n) is 11.8. The summed E-state index contributed by atoms with van der Waals surface area (Å²) in [6.45, 7) is 4.39. The van der Waals surface area contributed by atoms with Crippen molar-refractivity contribution in [3.8, 4) is 0 Å². The van der Waals surface area contributed by atoms with Crippen molar-refractivity contribution >= 4 is 91.7 Å². The van der Waals surface area contributed by atoms with Gasteiger partial charge in [0, 0.05) is 66.3 Å². The normalized spacial score (nSPS) is 24.2. The number of imidazole rings is 1. The van der Waals surface area contributed by atoms with Crippen LogP contribution < -0.4 is 54.0 Å². The third kappa shape index (κ3) is 14.3. The summed E-state index contributed by atoms with van der Waals surface area (Å²) in [4.78, 5) is 137. The molecule has 2 saturated heterocycles. The highest BCUT2D eigenvalue weighted by Crippen LogP contribution is 2.28. The lowest BCUT2D eigenvalue weighted by atomic mass is 10.0. The largest absolute Gasteiger partial charge is 0.370 e. The Labute approximate surface area is 421 Å². The average molecular weight is 1030 g/mol. The van der Waals surface area contributed by atoms with Crippen LogP contribution in [0.2, 0.25) is 0 Å². The number of carbonyl (C=O) groups excluding carboxylic acids is 9. The van der Waals surface area contributed by atoms with Crippen molar-refractivity contribution in [3.63, 3.8) is 0 Å². The number of aromatic amines is 2. The number of guanidine groups is 1. The van der Waals surface area contributed by atoms with Gasteiger partial charge in [-0.25, -0.2) is 14.7 Å². The molecule has 24 nitrogen and oxygen atoms in total. The number of H-pyrrole nitrogens is 2. The van der Waals surface area contributed by atoms with Crippen LogP contribution in [-0.2, 0) is 57.6 Å². The first-order valence-corrected chi connectivity index (χ1v) is 25.5. The van der Waals surface area contributed by atoms with E-state index in [9.17, 15) is 43.2 Å². The predicted octanol–water partition coefficient (Wildman–Crippen LogP) is -1.31. The maximum atomic E-state index is 14.6. The molecule has 384 valence electrons. The molecule has 2 aliphatic rings. The molecule has 6 rings (SSSR count). The number of urea groups is 1. The molecule has 0 spiro atoms. The van der Waals surface area contributed by atoms with E-state index in [1.54, 1.807) is 42.6 Å². The Morgan fingerprint density at radius 2 is 1.36 bits per heavy atom. The fraction of sp³-hybridized carbons (Fsp3) is 0.413. The highest BCUT2D eigenvalue weighted by molar-refractivity contribution is 8.76. The van der Waals surface area contributed by atoms with E-state index in [4.69, 9.17) is 16.9 Å². The predicted molar refractivity (Wildman–Crippen MR) is 268 cm³/mol. The van der Waals surface area contributed by atoms with E-state index in [1.165, 1.54) is 33.3 Å². The highest BCUT2D eigenvalue weighted by atomic mass is 33.1. The van der Waals surface area contributed by atoms with E-state index in [1.807, 2.05) is 18.2 Å². The molecule has 2 fully saturated rings. The molecule has 0 bridgehead atoms. The number of hydrogen-bond acceptors (Lipinski definition) is 13. The smallest absolute Gasteiger partial charge is 0.325 e. The van der Waals surface area contributed by atoms with Gasteiger partial charge in [-0.3, -0.25) is 43.8 Å². The lowest BCUT2D eigenvalue weighted by Gasteiger charge is -2.28. The van der Waals surface area contributed by atoms with Gasteiger partial charge in [-0.05, 0) is 50.8 Å². The van der Waals surface area contributed by atoms with Gasteiger partial charge < -0.3 is 64.0 Å². The van der Waals surface area contributed by atoms with Crippen molar-refractivity contribution in [3.05, 3.63) is 90.1 Å². The van der Waals surface area contributed by atoms with E-state index >= 15 is 0 Å². The van der Waals surface area contributed by atoms with Gasteiger partial charge in [-0.15, -0.1) is 0 Å². The molecule has 10 amide bonds. The van der Waals surface area contributed by atoms with Crippen LogP contribution in [0.25, 0.3) is 10.9 Å². The number of amides is 10. The standard InChI is InChI=1S/C46H59N15O9S2/c1-24-37(63)56-33(18-27-20-50-23-53-27)41(67)57-31(16-25-10-5-4-6-11-25)39(65)55-30(14-9-15-51-44(48)49)38(64)58-32(17-26-19-52-29-13-8-7-12-28(26)29)40(66)59-34(36(47)62)21-71-72-22-35(42(68)54-24)61-43(69)46(2,3)60-45(61)70/h4-8,10-13,19-20,23-24,30-35,52H,9,14-18,21-22H2,1-3H3,(H2,47,62)(H,50,53)(H,54,68)(H,55,65)(H,56,63)(H,57,67)(H,58,64)(H,59,66)(H,60,70)(H4,48,49,51)/t24-,30+,31-,32+,33+,34+,35+/m1/s1. The Hall–Kier alpha value is -7.61. The maximum Gasteiger partial charge on any atom is 0.325 e. The number of fused-ring (bicyclic) bond motifs is 1. The Balaban J connectivity index is 1.39. The van der Waals surface area contributed by atoms with Crippen LogP contribution in [-0.4, -0.2) is 145 Å². The van der Waals surface area contributed by atoms with Crippen LogP contribution >= 0.6 is 21.6 Å². The molecule has 72 heavy (non-hydrogen) atoms. The van der Waals surface area contributed by atoms with Gasteiger partial charge in [0.2, 0.25) is 41.4 Å². The van der Waals surface area contributed by atoms with Gasteiger partial charge in [0.05, 0.1) is 6.33 Å². The molecule has 4 heterocycles. The number of aromatic nitrogens is 3. The highest BCUT2D eigenvalue weighted by Gasteiger charge is 2.49. The SMILES string of the molecule is C[C@H]1NC(=O)[C@@H](N2C(=O)NC(C)(C)C2=O)CSSC[C@@H](C(N)=O)NC(=O)[C@H](Cc2c[nH]c3ccccc23)NC(=O)[C@H](CCCNC(=N)N)NC(=O)[C@@H](Cc2ccccc2)NC(=O)[C@H](Cc2cnc[nH]2)NC1=O. The maximum absolute atomic E-state index is 14.6. The van der Waals surface area contributed by atoms with Gasteiger partial charge in [-0.2, -0.15) is 0 Å². The van der Waals surface area contributed by atoms with Crippen LogP contribution in [0.15, 0.2) is 73.3 Å². The molecular formula is C46H59N15O9S2. The minimum absolute atomic E-state index is 0.0473. The van der Waals surface area contributed by atoms with Crippen LogP contribution in [0.1, 0.15) is 50.4 Å². The molecule has 0 unspecified atom stereocenters. The van der Waals surface area contributed by atoms with Gasteiger partial charge in [0.1, 0.15) is 47.8 Å². The second-order valence-electron chi connectivity index (χ2n) is 17.8. The number of benzene rings is 2. The second-order valence-corrected chi connectivity index (χ2v) is 20.3. The zero-order chi connectivity index (χ0) is 52.1. The summed E-state index contributed by atoms with van der Waals surface area (Å²) in [5, 5.41) is 29.7. The minimum atomic E-state index is -1.50. The summed E-state index contributed by atoms with van der Waals surface area (Å²) in [5.41, 5.74) is 12.4. The summed E-state index contributed by atoms with van der Waals surface area (Å²) in [5.74, 6) is -7.43. The van der Waals surface area contributed by atoms with Crippen molar-refractivity contribution in [1.29, 1.82) is 5.41 Å². The van der Waals surface area contributed by atoms with Crippen LogP contribution in [0.4, 0.5) is 4.79 Å². The monoisotopic (exact) mass is 1030 g/mol. The molecule has 0 saturated carbocycles. The van der Waals surface area contributed by atoms with Gasteiger partial charge in [0.15, 0.2) is 5.96 Å². The number of nitrogens with zero attached hydrogens (tertiary/aromatic N) is 2. The molecule has 7 atom stereocenters. The second kappa shape index (κ2) is 24.5. The number of nitrogens with two attached hydrogens (primary N) is 2. The number of hydrogen-bond donors (Lipinski definition) is 13. The van der Waals surface area contributed by atoms with Gasteiger partial charge in [0.25, 0.3) is 5.91 Å². The molecule has 2 aromatic carbocycles. The Bertz CT molecular complexity index is 2650. The minimum Gasteiger partial charge on any atom is -0.370 e. The van der Waals surface area contributed by atoms with E-state index in [2.05, 4.69) is 57.5 Å². The molecule has 26 heteroatoms. The van der Waals surface area contributed by atoms with E-state index in [0.29, 0.717) is 16.8 Å². The van der Waals surface area contributed by atoms with E-state index in [0.717, 1.165) is 37.4 Å². The molecule has 4 aromatic rings. The lowest BCUT2D eigenvalue weighted by molar-refractivity contribution is -0.138. The molecule has 0 radical (unpaired) electrons. The van der Waals surface area contributed by atoms with Crippen molar-refractivity contribution in [2.24, 2.45) is 11.5 Å². The van der Waals surface area contributed by atoms with Gasteiger partial charge >= 0.3 is 6.03 Å². The first kappa shape index (κ1) is 53.7. The van der Waals surface area contributed by atoms with E-state index in [-0.39, 0.29) is 56.1 Å². The first-order chi connectivity index (χ1) is 34.3. The van der Waals surface area contributed by atoms with Crippen molar-refractivity contribution < 1.29 is 43.2 Å². The first-order valence-electron chi connectivity index (χ1n) is 23.0. The van der Waals surface area contributed by atoms with Crippen molar-refractivity contribution in [1.82, 2.24) is 62.4 Å². The third-order valence-corrected chi connectivity index (χ3v) is 14.2. The molecule has 2 aliphatic heterocycles. The molecule has 0 aliphatic carbocycles. The van der Waals surface area contributed by atoms with Crippen LogP contribution in [0.5, 0.6) is 0 Å². The zero-order valence-electron chi connectivity index (χ0n) is 39.7. The number of rotatable bonds is 12. The topological polar surface area (TPSA) is 373 Å². The quantitative estimate of drug-likeness (QED) is 0.0258. The number of imide groups is 1. The molecular weight excluding hydrogens is 971 g/mol. The lowest BCUT2D eigenvalue weighted by Crippen LogP contribution is -2.60. The number of para-hydroxylation sites is 1. The fourth-order valence-electron chi connectivity index (χ4n) is 7.92. The van der Waals surface area contributed by atoms with Crippen LogP contribution in [0, 0.1) is 5.41 Å². The van der Waals surface area contributed by atoms with Gasteiger partial charge in [-0.1, -0.05) is 70.1 Å². The van der Waals surface area contributed by atoms with E-state index < -0.39 is 101 Å². The Morgan fingerprint density at radius 3 is 2.01 bits per heavy atom. The fourth-order valence-corrected chi connectivity index (χ4v) is 10.3. The number of nitrogens with one attached hydrogen (secondary N) is 11. The van der Waals surface area contributed by atoms with Crippen LogP contribution in [0.3, 0.4) is 0 Å². The molecule has 2 aromatic heterocycles. The zero-order valence-corrected chi connectivity index (χ0v) is 41.3. The summed E-state index contributed by atoms with van der Waals surface area (Å²) < 4.78 is 0. The summed E-state index contributed by atoms with van der Waals surface area (Å²) >= 11 is 0.